The van der Waals surface area contributed by atoms with Crippen molar-refractivity contribution in [3.8, 4) is 11.5 Å². The number of rotatable bonds is 8. The van der Waals surface area contributed by atoms with Gasteiger partial charge in [-0.25, -0.2) is 0 Å². The number of ether oxygens (including phenoxy) is 1. The summed E-state index contributed by atoms with van der Waals surface area (Å²) < 4.78 is 5.77. The zero-order valence-electron chi connectivity index (χ0n) is 15.9. The van der Waals surface area contributed by atoms with E-state index in [9.17, 15) is 9.90 Å². The molecule has 0 unspecified atom stereocenters. The summed E-state index contributed by atoms with van der Waals surface area (Å²) in [5.41, 5.74) is 2.94. The van der Waals surface area contributed by atoms with Crippen molar-refractivity contribution in [3.05, 3.63) is 83.7 Å². The highest BCUT2D eigenvalue weighted by Crippen LogP contribution is 2.23. The van der Waals surface area contributed by atoms with Gasteiger partial charge < -0.3 is 15.2 Å². The molecule has 3 aromatic rings. The molecule has 2 N–H and O–H groups in total. The molecule has 0 spiro atoms. The Morgan fingerprint density at radius 1 is 1.14 bits per heavy atom. The van der Waals surface area contributed by atoms with Crippen LogP contribution in [0.1, 0.15) is 41.3 Å². The van der Waals surface area contributed by atoms with Crippen molar-refractivity contribution in [1.29, 1.82) is 0 Å². The lowest BCUT2D eigenvalue weighted by Gasteiger charge is -2.10. The molecule has 0 radical (unpaired) electrons. The van der Waals surface area contributed by atoms with Gasteiger partial charge in [0.1, 0.15) is 18.1 Å². The molecule has 0 aliphatic rings. The fraction of sp³-hybridized carbons (Fsp3) is 0.217. The van der Waals surface area contributed by atoms with Gasteiger partial charge in [0.25, 0.3) is 5.91 Å². The van der Waals surface area contributed by atoms with Gasteiger partial charge >= 0.3 is 0 Å². The van der Waals surface area contributed by atoms with Gasteiger partial charge in [-0.3, -0.25) is 9.78 Å². The van der Waals surface area contributed by atoms with Crippen molar-refractivity contribution in [2.24, 2.45) is 0 Å². The third kappa shape index (κ3) is 5.33. The molecule has 0 atom stereocenters. The highest BCUT2D eigenvalue weighted by atomic mass is 16.5. The number of aryl methyl sites for hydroxylation is 1. The number of pyridine rings is 1. The number of nitrogens with one attached hydrogen (secondary N) is 1. The standard InChI is InChI=1S/C23H24N2O3/c1-2-3-7-18-13-19(10-11-22(18)26)23(27)25-20-8-4-9-21(14-20)28-16-17-6-5-12-24-15-17/h4-6,8-15,26H,2-3,7,16H2,1H3,(H,25,27). The van der Waals surface area contributed by atoms with Gasteiger partial charge in [-0.2, -0.15) is 0 Å². The third-order valence-electron chi connectivity index (χ3n) is 4.36. The van der Waals surface area contributed by atoms with E-state index in [1.807, 2.05) is 30.3 Å². The smallest absolute Gasteiger partial charge is 0.255 e. The van der Waals surface area contributed by atoms with Crippen LogP contribution in [0.3, 0.4) is 0 Å². The number of aromatic nitrogens is 1. The summed E-state index contributed by atoms with van der Waals surface area (Å²) >= 11 is 0. The Labute approximate surface area is 165 Å². The van der Waals surface area contributed by atoms with Crippen LogP contribution in [0, 0.1) is 0 Å². The van der Waals surface area contributed by atoms with E-state index in [4.69, 9.17) is 4.74 Å². The predicted octanol–water partition coefficient (Wildman–Crippen LogP) is 4.96. The lowest BCUT2D eigenvalue weighted by molar-refractivity contribution is 0.102. The normalized spacial score (nSPS) is 10.5. The van der Waals surface area contributed by atoms with Gasteiger partial charge in [-0.1, -0.05) is 25.5 Å². The molecule has 5 heteroatoms. The molecule has 0 aliphatic carbocycles. The Morgan fingerprint density at radius 2 is 2.04 bits per heavy atom. The lowest BCUT2D eigenvalue weighted by Crippen LogP contribution is -2.12. The Bertz CT molecular complexity index is 926. The molecule has 5 nitrogen and oxygen atoms in total. The first kappa shape index (κ1) is 19.4. The van der Waals surface area contributed by atoms with Crippen LogP contribution in [0.25, 0.3) is 0 Å². The minimum Gasteiger partial charge on any atom is -0.508 e. The fourth-order valence-electron chi connectivity index (χ4n) is 2.81. The van der Waals surface area contributed by atoms with Crippen molar-refractivity contribution in [2.75, 3.05) is 5.32 Å². The Balaban J connectivity index is 1.65. The third-order valence-corrected chi connectivity index (χ3v) is 4.36. The second-order valence-electron chi connectivity index (χ2n) is 6.58. The summed E-state index contributed by atoms with van der Waals surface area (Å²) in [6.07, 6.45) is 6.22. The number of carbonyl (C=O) groups is 1. The molecule has 1 heterocycles. The Morgan fingerprint density at radius 3 is 2.82 bits per heavy atom. The number of anilines is 1. The van der Waals surface area contributed by atoms with Crippen LogP contribution >= 0.6 is 0 Å². The van der Waals surface area contributed by atoms with Gasteiger partial charge in [0.05, 0.1) is 0 Å². The summed E-state index contributed by atoms with van der Waals surface area (Å²) in [6, 6.07) is 16.0. The predicted molar refractivity (Wildman–Crippen MR) is 110 cm³/mol. The van der Waals surface area contributed by atoms with Gasteiger partial charge in [0.2, 0.25) is 0 Å². The molecule has 0 saturated heterocycles. The van der Waals surface area contributed by atoms with Crippen LogP contribution in [0.4, 0.5) is 5.69 Å². The highest BCUT2D eigenvalue weighted by Gasteiger charge is 2.10. The van der Waals surface area contributed by atoms with E-state index < -0.39 is 0 Å². The summed E-state index contributed by atoms with van der Waals surface area (Å²) in [5, 5.41) is 12.9. The van der Waals surface area contributed by atoms with E-state index in [0.29, 0.717) is 23.6 Å². The maximum atomic E-state index is 12.6. The number of phenolic OH excluding ortho intramolecular Hbond substituents is 1. The molecular weight excluding hydrogens is 352 g/mol. The molecule has 0 bridgehead atoms. The fourth-order valence-corrected chi connectivity index (χ4v) is 2.81. The molecule has 2 aromatic carbocycles. The zero-order valence-corrected chi connectivity index (χ0v) is 15.9. The van der Waals surface area contributed by atoms with Crippen LogP contribution in [0.15, 0.2) is 67.0 Å². The molecule has 28 heavy (non-hydrogen) atoms. The van der Waals surface area contributed by atoms with Crippen molar-refractivity contribution >= 4 is 11.6 Å². The molecule has 0 saturated carbocycles. The quantitative estimate of drug-likeness (QED) is 0.583. The number of amides is 1. The summed E-state index contributed by atoms with van der Waals surface area (Å²) in [6.45, 7) is 2.50. The SMILES string of the molecule is CCCCc1cc(C(=O)Nc2cccc(OCc3cccnc3)c2)ccc1O. The van der Waals surface area contributed by atoms with E-state index in [0.717, 1.165) is 30.4 Å². The maximum Gasteiger partial charge on any atom is 0.255 e. The number of nitrogens with zero attached hydrogens (tertiary/aromatic N) is 1. The van der Waals surface area contributed by atoms with Gasteiger partial charge in [0.15, 0.2) is 0 Å². The molecule has 3 rings (SSSR count). The number of aromatic hydroxyl groups is 1. The number of benzene rings is 2. The van der Waals surface area contributed by atoms with Crippen LogP contribution in [-0.2, 0) is 13.0 Å². The van der Waals surface area contributed by atoms with Crippen molar-refractivity contribution in [2.45, 2.75) is 32.8 Å². The van der Waals surface area contributed by atoms with Crippen LogP contribution in [-0.4, -0.2) is 16.0 Å². The minimum absolute atomic E-state index is 0.220. The Kier molecular flexibility index (Phi) is 6.63. The first-order chi connectivity index (χ1) is 13.7. The number of phenols is 1. The second-order valence-corrected chi connectivity index (χ2v) is 6.58. The minimum atomic E-state index is -0.220. The van der Waals surface area contributed by atoms with Crippen LogP contribution < -0.4 is 10.1 Å². The van der Waals surface area contributed by atoms with E-state index in [1.54, 1.807) is 36.7 Å². The molecule has 1 aromatic heterocycles. The molecule has 1 amide bonds. The maximum absolute atomic E-state index is 12.6. The van der Waals surface area contributed by atoms with Gasteiger partial charge in [0, 0.05) is 35.3 Å². The number of hydrogen-bond donors (Lipinski definition) is 2. The second kappa shape index (κ2) is 9.55. The lowest BCUT2D eigenvalue weighted by atomic mass is 10.0. The average Bonchev–Trinajstić information content (AvgIpc) is 2.72. The molecule has 144 valence electrons. The van der Waals surface area contributed by atoms with E-state index in [2.05, 4.69) is 17.2 Å². The monoisotopic (exact) mass is 376 g/mol. The van der Waals surface area contributed by atoms with Gasteiger partial charge in [-0.05, 0) is 54.8 Å². The molecular formula is C23H24N2O3. The molecule has 0 fully saturated rings. The summed E-state index contributed by atoms with van der Waals surface area (Å²) in [5.74, 6) is 0.675. The average molecular weight is 376 g/mol. The number of unbranched alkanes of at least 4 members (excludes halogenated alkanes) is 1. The highest BCUT2D eigenvalue weighted by molar-refractivity contribution is 6.04. The number of hydrogen-bond acceptors (Lipinski definition) is 4. The summed E-state index contributed by atoms with van der Waals surface area (Å²) in [4.78, 5) is 16.7. The van der Waals surface area contributed by atoms with Crippen molar-refractivity contribution < 1.29 is 14.6 Å². The van der Waals surface area contributed by atoms with E-state index >= 15 is 0 Å². The first-order valence-corrected chi connectivity index (χ1v) is 9.40. The summed E-state index contributed by atoms with van der Waals surface area (Å²) in [7, 11) is 0. The Hall–Kier alpha value is -3.34. The van der Waals surface area contributed by atoms with Crippen molar-refractivity contribution in [1.82, 2.24) is 4.98 Å². The number of carbonyl (C=O) groups excluding carboxylic acids is 1. The van der Waals surface area contributed by atoms with Crippen LogP contribution in [0.5, 0.6) is 11.5 Å². The van der Waals surface area contributed by atoms with Gasteiger partial charge in [-0.15, -0.1) is 0 Å². The van der Waals surface area contributed by atoms with Crippen molar-refractivity contribution in [3.63, 3.8) is 0 Å². The first-order valence-electron chi connectivity index (χ1n) is 9.40. The zero-order chi connectivity index (χ0) is 19.8. The van der Waals surface area contributed by atoms with E-state index in [1.165, 1.54) is 0 Å². The van der Waals surface area contributed by atoms with Crippen LogP contribution in [0.2, 0.25) is 0 Å². The van der Waals surface area contributed by atoms with E-state index in [-0.39, 0.29) is 11.7 Å². The molecule has 0 aliphatic heterocycles. The largest absolute Gasteiger partial charge is 0.508 e. The topological polar surface area (TPSA) is 71.5 Å².